The van der Waals surface area contributed by atoms with Gasteiger partial charge in [-0.15, -0.1) is 0 Å². The van der Waals surface area contributed by atoms with Gasteiger partial charge in [0.1, 0.15) is 0 Å². The van der Waals surface area contributed by atoms with E-state index in [0.29, 0.717) is 0 Å². The molecular weight excluding hydrogens is 117 g/mol. The summed E-state index contributed by atoms with van der Waals surface area (Å²) in [6, 6.07) is 0. The third kappa shape index (κ3) is 5.82. The highest BCUT2D eigenvalue weighted by molar-refractivity contribution is 7.13. The van der Waals surface area contributed by atoms with Crippen molar-refractivity contribution in [2.24, 2.45) is 0 Å². The van der Waals surface area contributed by atoms with E-state index in [1.54, 1.807) is 0 Å². The first-order chi connectivity index (χ1) is 3.27. The highest BCUT2D eigenvalue weighted by Crippen LogP contribution is 1.70. The molecule has 0 aromatic rings. The summed E-state index contributed by atoms with van der Waals surface area (Å²) in [5, 5.41) is 10.0. The molecule has 2 N–H and O–H groups in total. The van der Waals surface area contributed by atoms with E-state index in [1.165, 1.54) is 0 Å². The number of carboxylic acid groups (broad SMARTS) is 1. The Morgan fingerprint density at radius 3 is 2.71 bits per heavy atom. The van der Waals surface area contributed by atoms with Gasteiger partial charge in [-0.1, -0.05) is 0 Å². The van der Waals surface area contributed by atoms with Crippen LogP contribution in [0.15, 0.2) is 0 Å². The summed E-state index contributed by atoms with van der Waals surface area (Å²) in [4.78, 5) is 13.8. The molecule has 0 heterocycles. The first-order valence-electron chi connectivity index (χ1n) is 1.56. The molecule has 5 heteroatoms. The van der Waals surface area contributed by atoms with E-state index in [0.717, 1.165) is 0 Å². The molecule has 0 aliphatic rings. The number of hydrogen-bond acceptors (Lipinski definition) is 3. The van der Waals surface area contributed by atoms with Crippen LogP contribution in [-0.4, -0.2) is 17.7 Å². The van der Waals surface area contributed by atoms with Crippen molar-refractivity contribution >= 4 is 15.4 Å². The summed E-state index contributed by atoms with van der Waals surface area (Å²) in [5.41, 5.74) is 0. The number of aliphatic carboxylic acids is 1. The first kappa shape index (κ1) is 6.82. The summed E-state index contributed by atoms with van der Waals surface area (Å²) < 4.78 is 0. The van der Waals surface area contributed by atoms with E-state index in [1.807, 2.05) is 9.39 Å². The van der Waals surface area contributed by atoms with Gasteiger partial charge in [0.2, 0.25) is 0 Å². The predicted octanol–water partition coefficient (Wildman–Crippen LogP) is -0.618. The second-order valence-electron chi connectivity index (χ2n) is 0.800. The van der Waals surface area contributed by atoms with E-state index in [9.17, 15) is 4.79 Å². The first-order valence-corrected chi connectivity index (χ1v) is 2.14. The Kier molecular flexibility index (Phi) is 3.89. The number of nitrogens with one attached hydrogen (secondary N) is 1. The van der Waals surface area contributed by atoms with E-state index in [2.05, 4.69) is 10.1 Å². The second-order valence-corrected chi connectivity index (χ2v) is 1.04. The van der Waals surface area contributed by atoms with Gasteiger partial charge in [0, 0.05) is 0 Å². The highest BCUT2D eigenvalue weighted by atomic mass is 31.0. The molecule has 42 valence electrons. The molecule has 7 heavy (non-hydrogen) atoms. The van der Waals surface area contributed by atoms with Crippen molar-refractivity contribution in [1.82, 2.24) is 5.25 Å². The fourth-order valence-electron chi connectivity index (χ4n) is 0.103. The lowest BCUT2D eigenvalue weighted by Gasteiger charge is -1.91. The van der Waals surface area contributed by atoms with Crippen LogP contribution in [0.5, 0.6) is 0 Å². The van der Waals surface area contributed by atoms with Crippen LogP contribution in [0, 0.1) is 0 Å². The zero-order valence-electron chi connectivity index (χ0n) is 3.55. The maximum atomic E-state index is 9.58. The van der Waals surface area contributed by atoms with Gasteiger partial charge < -0.3 is 5.11 Å². The largest absolute Gasteiger partial charge is 0.479 e. The van der Waals surface area contributed by atoms with Gasteiger partial charge in [0.25, 0.3) is 0 Å². The molecule has 1 atom stereocenters. The molecular formula is C2H6NO3P. The van der Waals surface area contributed by atoms with Gasteiger partial charge in [0.15, 0.2) is 6.61 Å². The predicted molar refractivity (Wildman–Crippen MR) is 26.4 cm³/mol. The number of carbonyl (C=O) groups is 1. The van der Waals surface area contributed by atoms with Crippen LogP contribution >= 0.6 is 9.39 Å². The maximum Gasteiger partial charge on any atom is 0.331 e. The Morgan fingerprint density at radius 2 is 2.57 bits per heavy atom. The number of carboxylic acids is 1. The van der Waals surface area contributed by atoms with Gasteiger partial charge in [-0.3, -0.25) is 4.84 Å². The van der Waals surface area contributed by atoms with Crippen molar-refractivity contribution < 1.29 is 14.7 Å². The normalized spacial score (nSPS) is 8.71. The lowest BCUT2D eigenvalue weighted by molar-refractivity contribution is -0.143. The van der Waals surface area contributed by atoms with E-state index in [-0.39, 0.29) is 6.61 Å². The number of rotatable bonds is 3. The standard InChI is InChI=1S/C2H6NO3P/c4-2(5)1-6-3-7/h3H,1,7H2,(H,4,5). The third-order valence-electron chi connectivity index (χ3n) is 0.279. The van der Waals surface area contributed by atoms with Gasteiger partial charge in [-0.25, -0.2) is 4.79 Å². The summed E-state index contributed by atoms with van der Waals surface area (Å²) in [6.07, 6.45) is 0. The van der Waals surface area contributed by atoms with Crippen LogP contribution < -0.4 is 5.25 Å². The third-order valence-corrected chi connectivity index (χ3v) is 0.446. The zero-order valence-corrected chi connectivity index (χ0v) is 4.70. The molecule has 4 nitrogen and oxygen atoms in total. The topological polar surface area (TPSA) is 58.6 Å². The summed E-state index contributed by atoms with van der Waals surface area (Å²) in [5.74, 6) is -0.991. The van der Waals surface area contributed by atoms with Crippen molar-refractivity contribution in [2.45, 2.75) is 0 Å². The molecule has 0 rings (SSSR count). The Hall–Kier alpha value is -0.180. The van der Waals surface area contributed by atoms with Crippen molar-refractivity contribution in [1.29, 1.82) is 0 Å². The lowest BCUT2D eigenvalue weighted by Crippen LogP contribution is -2.10. The summed E-state index contributed by atoms with van der Waals surface area (Å²) in [7, 11) is 2.01. The minimum atomic E-state index is -0.991. The fraction of sp³-hybridized carbons (Fsp3) is 0.500. The molecule has 0 aliphatic heterocycles. The molecule has 0 aliphatic carbocycles. The minimum Gasteiger partial charge on any atom is -0.479 e. The van der Waals surface area contributed by atoms with E-state index >= 15 is 0 Å². The van der Waals surface area contributed by atoms with Crippen molar-refractivity contribution in [3.63, 3.8) is 0 Å². The van der Waals surface area contributed by atoms with Crippen LogP contribution in [0.3, 0.4) is 0 Å². The lowest BCUT2D eigenvalue weighted by atomic mass is 10.8. The van der Waals surface area contributed by atoms with Crippen LogP contribution in [0.4, 0.5) is 0 Å². The number of hydrogen-bond donors (Lipinski definition) is 2. The van der Waals surface area contributed by atoms with Crippen molar-refractivity contribution in [3.05, 3.63) is 0 Å². The Bertz CT molecular complexity index is 66.0. The molecule has 0 radical (unpaired) electrons. The Labute approximate surface area is 43.1 Å². The van der Waals surface area contributed by atoms with Gasteiger partial charge in [-0.2, -0.15) is 5.25 Å². The van der Waals surface area contributed by atoms with E-state index < -0.39 is 5.97 Å². The van der Waals surface area contributed by atoms with Crippen LogP contribution in [0.25, 0.3) is 0 Å². The maximum absolute atomic E-state index is 9.58. The van der Waals surface area contributed by atoms with Gasteiger partial charge >= 0.3 is 5.97 Å². The van der Waals surface area contributed by atoms with Gasteiger partial charge in [0.05, 0.1) is 0 Å². The minimum absolute atomic E-state index is 0.316. The smallest absolute Gasteiger partial charge is 0.331 e. The zero-order chi connectivity index (χ0) is 5.70. The van der Waals surface area contributed by atoms with Crippen LogP contribution in [-0.2, 0) is 9.63 Å². The van der Waals surface area contributed by atoms with Gasteiger partial charge in [-0.05, 0) is 9.39 Å². The average Bonchev–Trinajstić information content (AvgIpc) is 1.61. The molecule has 0 saturated carbocycles. The van der Waals surface area contributed by atoms with Crippen molar-refractivity contribution in [2.75, 3.05) is 6.61 Å². The van der Waals surface area contributed by atoms with Crippen LogP contribution in [0.2, 0.25) is 0 Å². The molecule has 0 fully saturated rings. The van der Waals surface area contributed by atoms with E-state index in [4.69, 9.17) is 5.11 Å². The second kappa shape index (κ2) is 3.99. The molecule has 0 amide bonds. The van der Waals surface area contributed by atoms with Crippen LogP contribution in [0.1, 0.15) is 0 Å². The molecule has 0 aromatic heterocycles. The Morgan fingerprint density at radius 1 is 2.00 bits per heavy atom. The molecule has 1 unspecified atom stereocenters. The Balaban J connectivity index is 2.82. The molecule has 0 aromatic carbocycles. The summed E-state index contributed by atoms with van der Waals surface area (Å²) >= 11 is 0. The monoisotopic (exact) mass is 123 g/mol. The highest BCUT2D eigenvalue weighted by Gasteiger charge is 1.90. The molecule has 0 bridgehead atoms. The molecule has 0 spiro atoms. The summed E-state index contributed by atoms with van der Waals surface area (Å²) in [6.45, 7) is -0.316. The average molecular weight is 123 g/mol. The fourth-order valence-corrected chi connectivity index (χ4v) is 0.187. The quantitative estimate of drug-likeness (QED) is 0.388. The molecule has 0 saturated heterocycles. The van der Waals surface area contributed by atoms with Crippen molar-refractivity contribution in [3.8, 4) is 0 Å². The SMILES string of the molecule is O=C(O)CONP.